The minimum Gasteiger partial charge on any atom is -0.497 e. The van der Waals surface area contributed by atoms with Gasteiger partial charge < -0.3 is 13.9 Å². The first kappa shape index (κ1) is 18.3. The molecule has 6 nitrogen and oxygen atoms in total. The third kappa shape index (κ3) is 4.11. The molecule has 2 aromatic carbocycles. The minimum absolute atomic E-state index is 0.261. The van der Waals surface area contributed by atoms with Crippen LogP contribution < -0.4 is 10.2 Å². The summed E-state index contributed by atoms with van der Waals surface area (Å²) >= 11 is 0. The van der Waals surface area contributed by atoms with E-state index in [1.807, 2.05) is 88.4 Å². The van der Waals surface area contributed by atoms with Gasteiger partial charge in [-0.2, -0.15) is 5.10 Å². The quantitative estimate of drug-likeness (QED) is 0.403. The van der Waals surface area contributed by atoms with Gasteiger partial charge in [0.05, 0.1) is 19.0 Å². The summed E-state index contributed by atoms with van der Waals surface area (Å²) in [7, 11) is 1.64. The second-order valence-electron chi connectivity index (χ2n) is 6.34. The molecule has 6 heteroatoms. The maximum absolute atomic E-state index is 12.3. The lowest BCUT2D eigenvalue weighted by Gasteiger charge is -2.07. The standard InChI is InChI=1S/C23H20N4O2/c1-29-22-12-10-20(11-13-22)27-16-4-5-21(27)17-24-25-23(28)18-6-8-19(9-7-18)26-14-2-3-15-26/h2-17H,1H3,(H,25,28)/b24-17+. The summed E-state index contributed by atoms with van der Waals surface area (Å²) in [5.74, 6) is 0.536. The van der Waals surface area contributed by atoms with E-state index in [2.05, 4.69) is 10.5 Å². The molecule has 1 N–H and O–H groups in total. The lowest BCUT2D eigenvalue weighted by atomic mass is 10.2. The van der Waals surface area contributed by atoms with Crippen LogP contribution in [0.4, 0.5) is 0 Å². The van der Waals surface area contributed by atoms with Gasteiger partial charge in [-0.05, 0) is 72.8 Å². The van der Waals surface area contributed by atoms with Gasteiger partial charge in [0, 0.05) is 35.5 Å². The van der Waals surface area contributed by atoms with E-state index < -0.39 is 0 Å². The zero-order valence-electron chi connectivity index (χ0n) is 15.9. The predicted molar refractivity (Wildman–Crippen MR) is 113 cm³/mol. The van der Waals surface area contributed by atoms with E-state index in [4.69, 9.17) is 4.74 Å². The van der Waals surface area contributed by atoms with Gasteiger partial charge in [0.1, 0.15) is 5.75 Å². The fourth-order valence-electron chi connectivity index (χ4n) is 2.99. The highest BCUT2D eigenvalue weighted by molar-refractivity contribution is 5.95. The molecule has 0 saturated carbocycles. The fraction of sp³-hybridized carbons (Fsp3) is 0.0435. The van der Waals surface area contributed by atoms with Crippen molar-refractivity contribution in [3.63, 3.8) is 0 Å². The summed E-state index contributed by atoms with van der Waals surface area (Å²) in [6.07, 6.45) is 7.47. The molecule has 4 aromatic rings. The highest BCUT2D eigenvalue weighted by Gasteiger charge is 2.05. The number of nitrogens with one attached hydrogen (secondary N) is 1. The summed E-state index contributed by atoms with van der Waals surface area (Å²) in [5.41, 5.74) is 5.94. The molecule has 0 aliphatic heterocycles. The number of nitrogens with zero attached hydrogens (tertiary/aromatic N) is 3. The molecule has 29 heavy (non-hydrogen) atoms. The highest BCUT2D eigenvalue weighted by Crippen LogP contribution is 2.16. The number of carbonyl (C=O) groups excluding carboxylic acids is 1. The monoisotopic (exact) mass is 384 g/mol. The van der Waals surface area contributed by atoms with Gasteiger partial charge in [-0.3, -0.25) is 4.79 Å². The van der Waals surface area contributed by atoms with Crippen molar-refractivity contribution in [1.29, 1.82) is 0 Å². The molecule has 1 amide bonds. The van der Waals surface area contributed by atoms with Crippen molar-refractivity contribution in [2.24, 2.45) is 5.10 Å². The topological polar surface area (TPSA) is 60.5 Å². The van der Waals surface area contributed by atoms with Crippen LogP contribution in [0.2, 0.25) is 0 Å². The van der Waals surface area contributed by atoms with E-state index in [1.54, 1.807) is 25.5 Å². The van der Waals surface area contributed by atoms with Crippen LogP contribution in [0.5, 0.6) is 5.75 Å². The lowest BCUT2D eigenvalue weighted by Crippen LogP contribution is -2.17. The average Bonchev–Trinajstić information content (AvgIpc) is 3.46. The summed E-state index contributed by atoms with van der Waals surface area (Å²) in [4.78, 5) is 12.3. The van der Waals surface area contributed by atoms with Gasteiger partial charge in [0.25, 0.3) is 5.91 Å². The highest BCUT2D eigenvalue weighted by atomic mass is 16.5. The SMILES string of the molecule is COc1ccc(-n2cccc2/C=N/NC(=O)c2ccc(-n3cccc3)cc2)cc1. The Bertz CT molecular complexity index is 1110. The zero-order valence-corrected chi connectivity index (χ0v) is 15.9. The molecule has 2 aromatic heterocycles. The molecule has 0 saturated heterocycles. The molecule has 2 heterocycles. The maximum atomic E-state index is 12.3. The number of methoxy groups -OCH3 is 1. The molecule has 0 unspecified atom stereocenters. The summed E-state index contributed by atoms with van der Waals surface area (Å²) in [5, 5.41) is 4.11. The molecule has 144 valence electrons. The van der Waals surface area contributed by atoms with Gasteiger partial charge in [-0.15, -0.1) is 0 Å². The number of ether oxygens (including phenoxy) is 1. The normalized spacial score (nSPS) is 10.9. The van der Waals surface area contributed by atoms with Crippen molar-refractivity contribution >= 4 is 12.1 Å². The third-order valence-corrected chi connectivity index (χ3v) is 4.53. The number of hydrogen-bond acceptors (Lipinski definition) is 3. The Hall–Kier alpha value is -4.06. The van der Waals surface area contributed by atoms with Crippen LogP contribution in [0, 0.1) is 0 Å². The van der Waals surface area contributed by atoms with E-state index in [0.29, 0.717) is 5.56 Å². The number of hydrazone groups is 1. The first-order chi connectivity index (χ1) is 14.2. The van der Waals surface area contributed by atoms with E-state index in [0.717, 1.165) is 22.8 Å². The van der Waals surface area contributed by atoms with Crippen molar-refractivity contribution in [2.75, 3.05) is 7.11 Å². The fourth-order valence-corrected chi connectivity index (χ4v) is 2.99. The second-order valence-corrected chi connectivity index (χ2v) is 6.34. The number of hydrogen-bond donors (Lipinski definition) is 1. The molecule has 0 atom stereocenters. The molecule has 0 fully saturated rings. The number of rotatable bonds is 6. The summed E-state index contributed by atoms with van der Waals surface area (Å²) < 4.78 is 9.15. The van der Waals surface area contributed by atoms with Crippen LogP contribution in [0.15, 0.2) is 96.5 Å². The van der Waals surface area contributed by atoms with Crippen molar-refractivity contribution in [3.8, 4) is 17.1 Å². The Kier molecular flexibility index (Phi) is 5.25. The average molecular weight is 384 g/mol. The van der Waals surface area contributed by atoms with E-state index in [1.165, 1.54) is 0 Å². The molecule has 0 aliphatic carbocycles. The van der Waals surface area contributed by atoms with E-state index in [9.17, 15) is 4.79 Å². The van der Waals surface area contributed by atoms with Crippen LogP contribution >= 0.6 is 0 Å². The minimum atomic E-state index is -0.261. The third-order valence-electron chi connectivity index (χ3n) is 4.53. The van der Waals surface area contributed by atoms with Crippen LogP contribution in [0.25, 0.3) is 11.4 Å². The van der Waals surface area contributed by atoms with Crippen molar-refractivity contribution < 1.29 is 9.53 Å². The van der Waals surface area contributed by atoms with Crippen molar-refractivity contribution in [1.82, 2.24) is 14.6 Å². The van der Waals surface area contributed by atoms with Crippen molar-refractivity contribution in [2.45, 2.75) is 0 Å². The Morgan fingerprint density at radius 3 is 2.28 bits per heavy atom. The number of benzene rings is 2. The Balaban J connectivity index is 1.42. The number of carbonyl (C=O) groups is 1. The van der Waals surface area contributed by atoms with Crippen LogP contribution in [-0.2, 0) is 0 Å². The molecule has 0 bridgehead atoms. The second kappa shape index (κ2) is 8.31. The van der Waals surface area contributed by atoms with Crippen LogP contribution in [0.3, 0.4) is 0 Å². The van der Waals surface area contributed by atoms with Gasteiger partial charge in [0.2, 0.25) is 0 Å². The smallest absolute Gasteiger partial charge is 0.271 e. The largest absolute Gasteiger partial charge is 0.497 e. The molecule has 0 radical (unpaired) electrons. The van der Waals surface area contributed by atoms with E-state index in [-0.39, 0.29) is 5.91 Å². The Morgan fingerprint density at radius 2 is 1.59 bits per heavy atom. The summed E-state index contributed by atoms with van der Waals surface area (Å²) in [6, 6.07) is 22.8. The first-order valence-electron chi connectivity index (χ1n) is 9.13. The molecule has 0 spiro atoms. The molecule has 0 aliphatic rings. The summed E-state index contributed by atoms with van der Waals surface area (Å²) in [6.45, 7) is 0. The maximum Gasteiger partial charge on any atom is 0.271 e. The number of amides is 1. The van der Waals surface area contributed by atoms with Crippen LogP contribution in [0.1, 0.15) is 16.1 Å². The van der Waals surface area contributed by atoms with Crippen molar-refractivity contribution in [3.05, 3.63) is 103 Å². The predicted octanol–water partition coefficient (Wildman–Crippen LogP) is 4.04. The van der Waals surface area contributed by atoms with Gasteiger partial charge in [0.15, 0.2) is 0 Å². The Morgan fingerprint density at radius 1 is 0.897 bits per heavy atom. The number of aromatic nitrogens is 2. The first-order valence-corrected chi connectivity index (χ1v) is 9.13. The zero-order chi connectivity index (χ0) is 20.1. The molecular formula is C23H20N4O2. The Labute approximate surface area is 168 Å². The van der Waals surface area contributed by atoms with Gasteiger partial charge >= 0.3 is 0 Å². The lowest BCUT2D eigenvalue weighted by molar-refractivity contribution is 0.0955. The molecular weight excluding hydrogens is 364 g/mol. The van der Waals surface area contributed by atoms with Gasteiger partial charge in [-0.25, -0.2) is 5.43 Å². The molecule has 4 rings (SSSR count). The van der Waals surface area contributed by atoms with Crippen LogP contribution in [-0.4, -0.2) is 28.4 Å². The van der Waals surface area contributed by atoms with E-state index >= 15 is 0 Å². The van der Waals surface area contributed by atoms with Gasteiger partial charge in [-0.1, -0.05) is 0 Å².